The number of rotatable bonds is 4. The molecule has 1 unspecified atom stereocenters. The number of aromatic amines is 1. The molecule has 88 valence electrons. The lowest BCUT2D eigenvalue weighted by molar-refractivity contribution is 0.0951. The summed E-state index contributed by atoms with van der Waals surface area (Å²) in [5, 5.41) is 2.72. The average Bonchev–Trinajstić information content (AvgIpc) is 2.25. The van der Waals surface area contributed by atoms with Gasteiger partial charge in [0, 0.05) is 29.8 Å². The van der Waals surface area contributed by atoms with Crippen LogP contribution in [0.1, 0.15) is 24.2 Å². The molecule has 0 aliphatic carbocycles. The van der Waals surface area contributed by atoms with Gasteiger partial charge in [-0.05, 0) is 5.92 Å². The molecule has 0 bridgehead atoms. The molecule has 1 amide bonds. The Morgan fingerprint density at radius 3 is 2.81 bits per heavy atom. The van der Waals surface area contributed by atoms with Crippen LogP contribution in [0.4, 0.5) is 0 Å². The summed E-state index contributed by atoms with van der Waals surface area (Å²) < 4.78 is 0. The molecule has 1 rings (SSSR count). The van der Waals surface area contributed by atoms with Crippen LogP contribution in [-0.2, 0) is 0 Å². The Kier molecular flexibility index (Phi) is 4.73. The number of halogens is 1. The van der Waals surface area contributed by atoms with Gasteiger partial charge in [-0.15, -0.1) is 0 Å². The van der Waals surface area contributed by atoms with E-state index in [2.05, 4.69) is 40.1 Å². The van der Waals surface area contributed by atoms with E-state index in [4.69, 9.17) is 0 Å². The van der Waals surface area contributed by atoms with Crippen LogP contribution < -0.4 is 10.7 Å². The normalized spacial score (nSPS) is 12.5. The molecule has 1 aromatic rings. The van der Waals surface area contributed by atoms with Crippen molar-refractivity contribution in [3.63, 3.8) is 0 Å². The highest BCUT2D eigenvalue weighted by atomic mass is 79.9. The number of alkyl halides is 1. The minimum atomic E-state index is -0.341. The predicted octanol–water partition coefficient (Wildman–Crippen LogP) is 1.52. The van der Waals surface area contributed by atoms with Gasteiger partial charge in [0.2, 0.25) is 0 Å². The highest BCUT2D eigenvalue weighted by Gasteiger charge is 2.13. The van der Waals surface area contributed by atoms with E-state index in [1.807, 2.05) is 0 Å². The Bertz CT molecular complexity index is 414. The summed E-state index contributed by atoms with van der Waals surface area (Å²) in [6, 6.07) is 1.34. The fourth-order valence-electron chi connectivity index (χ4n) is 1.11. The van der Waals surface area contributed by atoms with Gasteiger partial charge in [0.05, 0.1) is 0 Å². The largest absolute Gasteiger partial charge is 0.367 e. The Balaban J connectivity index is 2.61. The Hall–Kier alpha value is -1.10. The van der Waals surface area contributed by atoms with Crippen LogP contribution in [0.25, 0.3) is 0 Å². The van der Waals surface area contributed by atoms with Gasteiger partial charge in [-0.3, -0.25) is 9.59 Å². The molecular weight excluding hydrogens is 272 g/mol. The molecular formula is C11H15BrN2O2. The molecule has 5 heteroatoms. The lowest BCUT2D eigenvalue weighted by atomic mass is 10.1. The van der Waals surface area contributed by atoms with Gasteiger partial charge in [-0.1, -0.05) is 29.8 Å². The first kappa shape index (κ1) is 13.0. The van der Waals surface area contributed by atoms with Gasteiger partial charge >= 0.3 is 0 Å². The molecule has 0 fully saturated rings. The van der Waals surface area contributed by atoms with E-state index in [-0.39, 0.29) is 21.7 Å². The van der Waals surface area contributed by atoms with E-state index >= 15 is 0 Å². The smallest absolute Gasteiger partial charge is 0.256 e. The molecule has 0 aliphatic heterocycles. The number of H-pyrrole nitrogens is 1. The SMILES string of the molecule is CC(C)C(Br)CNC(=O)c1c[nH]ccc1=O. The van der Waals surface area contributed by atoms with Crippen molar-refractivity contribution in [2.75, 3.05) is 6.54 Å². The van der Waals surface area contributed by atoms with Crippen molar-refractivity contribution in [3.8, 4) is 0 Å². The van der Waals surface area contributed by atoms with E-state index < -0.39 is 0 Å². The first-order valence-corrected chi connectivity index (χ1v) is 6.03. The van der Waals surface area contributed by atoms with Gasteiger partial charge in [0.25, 0.3) is 5.91 Å². The van der Waals surface area contributed by atoms with E-state index in [9.17, 15) is 9.59 Å². The molecule has 0 spiro atoms. The van der Waals surface area contributed by atoms with Crippen LogP contribution in [0.3, 0.4) is 0 Å². The summed E-state index contributed by atoms with van der Waals surface area (Å²) in [4.78, 5) is 25.9. The number of hydrogen-bond acceptors (Lipinski definition) is 2. The first-order valence-electron chi connectivity index (χ1n) is 5.11. The van der Waals surface area contributed by atoms with Gasteiger partial charge in [0.1, 0.15) is 5.56 Å². The summed E-state index contributed by atoms with van der Waals surface area (Å²) in [7, 11) is 0. The number of carbonyl (C=O) groups is 1. The van der Waals surface area contributed by atoms with Gasteiger partial charge < -0.3 is 10.3 Å². The topological polar surface area (TPSA) is 62.0 Å². The molecule has 1 atom stereocenters. The molecule has 0 radical (unpaired) electrons. The second-order valence-corrected chi connectivity index (χ2v) is 5.07. The average molecular weight is 287 g/mol. The summed E-state index contributed by atoms with van der Waals surface area (Å²) >= 11 is 3.46. The van der Waals surface area contributed by atoms with Gasteiger partial charge in [-0.25, -0.2) is 0 Å². The lowest BCUT2D eigenvalue weighted by Crippen LogP contribution is -2.34. The third kappa shape index (κ3) is 3.48. The summed E-state index contributed by atoms with van der Waals surface area (Å²) in [6.07, 6.45) is 2.91. The Morgan fingerprint density at radius 2 is 2.25 bits per heavy atom. The molecule has 0 saturated carbocycles. The zero-order valence-corrected chi connectivity index (χ0v) is 10.9. The van der Waals surface area contributed by atoms with Crippen molar-refractivity contribution in [3.05, 3.63) is 34.2 Å². The third-order valence-corrected chi connectivity index (χ3v) is 3.63. The maximum atomic E-state index is 11.6. The van der Waals surface area contributed by atoms with Crippen molar-refractivity contribution in [1.82, 2.24) is 10.3 Å². The minimum absolute atomic E-state index is 0.144. The van der Waals surface area contributed by atoms with Crippen molar-refractivity contribution >= 4 is 21.8 Å². The van der Waals surface area contributed by atoms with Crippen LogP contribution in [0.5, 0.6) is 0 Å². The van der Waals surface area contributed by atoms with E-state index in [0.717, 1.165) is 0 Å². The number of aromatic nitrogens is 1. The second kappa shape index (κ2) is 5.84. The molecule has 1 heterocycles. The van der Waals surface area contributed by atoms with Crippen LogP contribution in [0.15, 0.2) is 23.3 Å². The molecule has 1 aromatic heterocycles. The summed E-state index contributed by atoms with van der Waals surface area (Å²) in [5.41, 5.74) is -0.127. The first-order chi connectivity index (χ1) is 7.52. The number of pyridine rings is 1. The van der Waals surface area contributed by atoms with E-state index in [1.54, 1.807) is 0 Å². The van der Waals surface area contributed by atoms with Gasteiger partial charge in [0.15, 0.2) is 5.43 Å². The van der Waals surface area contributed by atoms with Crippen LogP contribution in [0.2, 0.25) is 0 Å². The highest BCUT2D eigenvalue weighted by molar-refractivity contribution is 9.09. The molecule has 0 aliphatic rings. The van der Waals surface area contributed by atoms with Crippen molar-refractivity contribution in [2.45, 2.75) is 18.7 Å². The van der Waals surface area contributed by atoms with E-state index in [0.29, 0.717) is 12.5 Å². The molecule has 0 saturated heterocycles. The number of hydrogen-bond donors (Lipinski definition) is 2. The maximum Gasteiger partial charge on any atom is 0.256 e. The fraction of sp³-hybridized carbons (Fsp3) is 0.455. The molecule has 2 N–H and O–H groups in total. The van der Waals surface area contributed by atoms with Crippen LogP contribution in [0, 0.1) is 5.92 Å². The second-order valence-electron chi connectivity index (χ2n) is 3.89. The van der Waals surface area contributed by atoms with Crippen molar-refractivity contribution in [2.24, 2.45) is 5.92 Å². The number of carbonyl (C=O) groups excluding carboxylic acids is 1. The van der Waals surface area contributed by atoms with Crippen molar-refractivity contribution < 1.29 is 4.79 Å². The monoisotopic (exact) mass is 286 g/mol. The minimum Gasteiger partial charge on any atom is -0.367 e. The summed E-state index contributed by atoms with van der Waals surface area (Å²) in [6.45, 7) is 4.62. The zero-order valence-electron chi connectivity index (χ0n) is 9.29. The number of nitrogens with one attached hydrogen (secondary N) is 2. The third-order valence-electron chi connectivity index (χ3n) is 2.25. The molecule has 4 nitrogen and oxygen atoms in total. The van der Waals surface area contributed by atoms with Gasteiger partial charge in [-0.2, -0.15) is 0 Å². The fourth-order valence-corrected chi connectivity index (χ4v) is 1.28. The number of amides is 1. The molecule has 16 heavy (non-hydrogen) atoms. The Morgan fingerprint density at radius 1 is 1.56 bits per heavy atom. The quantitative estimate of drug-likeness (QED) is 0.825. The van der Waals surface area contributed by atoms with E-state index in [1.165, 1.54) is 18.5 Å². The van der Waals surface area contributed by atoms with Crippen LogP contribution in [-0.4, -0.2) is 22.3 Å². The molecule has 0 aromatic carbocycles. The van der Waals surface area contributed by atoms with Crippen LogP contribution >= 0.6 is 15.9 Å². The standard InChI is InChI=1S/C11H15BrN2O2/c1-7(2)9(12)6-14-11(16)8-5-13-4-3-10(8)15/h3-5,7,9H,6H2,1-2H3,(H,13,15)(H,14,16). The van der Waals surface area contributed by atoms with Crippen molar-refractivity contribution in [1.29, 1.82) is 0 Å². The summed E-state index contributed by atoms with van der Waals surface area (Å²) in [5.74, 6) is 0.0845. The zero-order chi connectivity index (χ0) is 12.1. The predicted molar refractivity (Wildman–Crippen MR) is 66.9 cm³/mol. The highest BCUT2D eigenvalue weighted by Crippen LogP contribution is 2.10. The lowest BCUT2D eigenvalue weighted by Gasteiger charge is -2.14. The Labute approximate surface area is 103 Å². The maximum absolute atomic E-state index is 11.6.